The molecule has 0 saturated carbocycles. The highest BCUT2D eigenvalue weighted by Gasteiger charge is 2.20. The summed E-state index contributed by atoms with van der Waals surface area (Å²) in [6, 6.07) is 0.308. The lowest BCUT2D eigenvalue weighted by Gasteiger charge is -2.22. The monoisotopic (exact) mass is 303 g/mol. The van der Waals surface area contributed by atoms with Gasteiger partial charge in [0.15, 0.2) is 11.4 Å². The minimum atomic E-state index is -1.25. The zero-order valence-electron chi connectivity index (χ0n) is 12.2. The molecule has 0 aromatic carbocycles. The number of pyridine rings is 1. The number of aromatic hydroxyl groups is 1. The predicted molar refractivity (Wildman–Crippen MR) is 77.9 cm³/mol. The molecule has 3 rings (SSSR count). The molecular formula is C15H17N3O4. The summed E-state index contributed by atoms with van der Waals surface area (Å²) in [5.41, 5.74) is 1.64. The molecule has 2 aromatic rings. The fourth-order valence-corrected chi connectivity index (χ4v) is 2.67. The number of rotatable bonds is 3. The second-order valence-corrected chi connectivity index (χ2v) is 5.35. The Labute approximate surface area is 127 Å². The Bertz CT molecular complexity index is 705. The number of aromatic nitrogens is 3. The van der Waals surface area contributed by atoms with Crippen molar-refractivity contribution in [2.24, 2.45) is 0 Å². The van der Waals surface area contributed by atoms with Crippen LogP contribution in [0.15, 0.2) is 18.6 Å². The van der Waals surface area contributed by atoms with Crippen LogP contribution < -0.4 is 0 Å². The molecule has 0 unspecified atom stereocenters. The van der Waals surface area contributed by atoms with Gasteiger partial charge in [-0.05, 0) is 19.8 Å². The summed E-state index contributed by atoms with van der Waals surface area (Å²) in [6.45, 7) is 3.13. The van der Waals surface area contributed by atoms with Crippen molar-refractivity contribution < 1.29 is 19.7 Å². The van der Waals surface area contributed by atoms with Crippen molar-refractivity contribution in [1.29, 1.82) is 0 Å². The van der Waals surface area contributed by atoms with Crippen LogP contribution in [0.1, 0.15) is 34.9 Å². The first-order chi connectivity index (χ1) is 10.6. The van der Waals surface area contributed by atoms with E-state index in [0.717, 1.165) is 31.6 Å². The number of hydrogen-bond donors (Lipinski definition) is 2. The van der Waals surface area contributed by atoms with E-state index in [1.54, 1.807) is 13.1 Å². The van der Waals surface area contributed by atoms with E-state index in [1.165, 1.54) is 6.20 Å². The van der Waals surface area contributed by atoms with Gasteiger partial charge in [-0.1, -0.05) is 0 Å². The Morgan fingerprint density at radius 2 is 2.09 bits per heavy atom. The highest BCUT2D eigenvalue weighted by molar-refractivity contribution is 5.90. The van der Waals surface area contributed by atoms with E-state index in [2.05, 4.69) is 10.1 Å². The lowest BCUT2D eigenvalue weighted by atomic mass is 10.0. The van der Waals surface area contributed by atoms with E-state index < -0.39 is 5.97 Å². The van der Waals surface area contributed by atoms with Crippen molar-refractivity contribution in [3.05, 3.63) is 29.8 Å². The molecular weight excluding hydrogens is 286 g/mol. The van der Waals surface area contributed by atoms with Gasteiger partial charge >= 0.3 is 5.97 Å². The summed E-state index contributed by atoms with van der Waals surface area (Å²) in [5, 5.41) is 23.3. The molecule has 0 aliphatic carbocycles. The fourth-order valence-electron chi connectivity index (χ4n) is 2.67. The van der Waals surface area contributed by atoms with Crippen LogP contribution in [-0.4, -0.2) is 44.2 Å². The Hall–Kier alpha value is -2.41. The van der Waals surface area contributed by atoms with Gasteiger partial charge in [0.1, 0.15) is 0 Å². The average Bonchev–Trinajstić information content (AvgIpc) is 3.00. The standard InChI is InChI=1S/C15H17N3O4/c1-9-12(7-16-13(14(9)19)15(20)21)10-6-17-18(8-10)11-2-4-22-5-3-11/h6-8,11,19H,2-5H2,1H3,(H,20,21). The zero-order valence-corrected chi connectivity index (χ0v) is 12.2. The minimum absolute atomic E-state index is 0.302. The maximum absolute atomic E-state index is 11.0. The second-order valence-electron chi connectivity index (χ2n) is 5.35. The Kier molecular flexibility index (Phi) is 3.81. The van der Waals surface area contributed by atoms with Crippen molar-refractivity contribution in [1.82, 2.24) is 14.8 Å². The first-order valence-electron chi connectivity index (χ1n) is 7.12. The summed E-state index contributed by atoms with van der Waals surface area (Å²) in [4.78, 5) is 14.8. The number of nitrogens with zero attached hydrogens (tertiary/aromatic N) is 3. The second kappa shape index (κ2) is 5.76. The predicted octanol–water partition coefficient (Wildman–Crippen LogP) is 2.01. The zero-order chi connectivity index (χ0) is 15.7. The van der Waals surface area contributed by atoms with Gasteiger partial charge in [-0.3, -0.25) is 4.68 Å². The molecule has 2 N–H and O–H groups in total. The maximum Gasteiger partial charge on any atom is 0.358 e. The highest BCUT2D eigenvalue weighted by Crippen LogP contribution is 2.31. The SMILES string of the molecule is Cc1c(-c2cnn(C3CCOCC3)c2)cnc(C(=O)O)c1O. The Balaban J connectivity index is 1.93. The molecule has 22 heavy (non-hydrogen) atoms. The van der Waals surface area contributed by atoms with Gasteiger partial charge in [0.25, 0.3) is 0 Å². The van der Waals surface area contributed by atoms with Crippen molar-refractivity contribution >= 4 is 5.97 Å². The maximum atomic E-state index is 11.0. The first-order valence-corrected chi connectivity index (χ1v) is 7.12. The minimum Gasteiger partial charge on any atom is -0.505 e. The highest BCUT2D eigenvalue weighted by atomic mass is 16.5. The molecule has 7 nitrogen and oxygen atoms in total. The molecule has 1 saturated heterocycles. The summed E-state index contributed by atoms with van der Waals surface area (Å²) < 4.78 is 7.25. The lowest BCUT2D eigenvalue weighted by Crippen LogP contribution is -2.19. The number of carbonyl (C=O) groups is 1. The molecule has 0 amide bonds. The third kappa shape index (κ3) is 2.55. The van der Waals surface area contributed by atoms with Crippen molar-refractivity contribution in [2.45, 2.75) is 25.8 Å². The fraction of sp³-hybridized carbons (Fsp3) is 0.400. The number of aromatic carboxylic acids is 1. The topological polar surface area (TPSA) is 97.5 Å². The number of hydrogen-bond acceptors (Lipinski definition) is 5. The van der Waals surface area contributed by atoms with E-state index in [4.69, 9.17) is 9.84 Å². The first kappa shape index (κ1) is 14.5. The van der Waals surface area contributed by atoms with Gasteiger partial charge in [0, 0.05) is 42.3 Å². The van der Waals surface area contributed by atoms with Crippen LogP contribution in [0.2, 0.25) is 0 Å². The van der Waals surface area contributed by atoms with Crippen LogP contribution in [0.25, 0.3) is 11.1 Å². The van der Waals surface area contributed by atoms with Gasteiger partial charge < -0.3 is 14.9 Å². The quantitative estimate of drug-likeness (QED) is 0.900. The third-order valence-electron chi connectivity index (χ3n) is 3.99. The van der Waals surface area contributed by atoms with Crippen LogP contribution in [0.5, 0.6) is 5.75 Å². The van der Waals surface area contributed by atoms with Crippen molar-refractivity contribution in [2.75, 3.05) is 13.2 Å². The third-order valence-corrected chi connectivity index (χ3v) is 3.99. The van der Waals surface area contributed by atoms with Gasteiger partial charge in [-0.15, -0.1) is 0 Å². The van der Waals surface area contributed by atoms with E-state index >= 15 is 0 Å². The molecule has 7 heteroatoms. The van der Waals surface area contributed by atoms with Crippen molar-refractivity contribution in [3.8, 4) is 16.9 Å². The number of carboxylic acids is 1. The molecule has 3 heterocycles. The van der Waals surface area contributed by atoms with Crippen LogP contribution in [0, 0.1) is 6.92 Å². The molecule has 116 valence electrons. The van der Waals surface area contributed by atoms with Gasteiger partial charge in [0.2, 0.25) is 0 Å². The van der Waals surface area contributed by atoms with Gasteiger partial charge in [-0.25, -0.2) is 9.78 Å². The van der Waals surface area contributed by atoms with Crippen LogP contribution in [0.3, 0.4) is 0 Å². The molecule has 0 atom stereocenters. The molecule has 1 aliphatic heterocycles. The van der Waals surface area contributed by atoms with E-state index in [0.29, 0.717) is 17.2 Å². The van der Waals surface area contributed by atoms with Gasteiger partial charge in [0.05, 0.1) is 12.2 Å². The molecule has 0 radical (unpaired) electrons. The summed E-state index contributed by atoms with van der Waals surface area (Å²) in [6.07, 6.45) is 6.91. The summed E-state index contributed by atoms with van der Waals surface area (Å²) in [7, 11) is 0. The Morgan fingerprint density at radius 1 is 1.36 bits per heavy atom. The van der Waals surface area contributed by atoms with Crippen LogP contribution >= 0.6 is 0 Å². The van der Waals surface area contributed by atoms with Crippen molar-refractivity contribution in [3.63, 3.8) is 0 Å². The van der Waals surface area contributed by atoms with E-state index in [1.807, 2.05) is 10.9 Å². The number of carboxylic acid groups (broad SMARTS) is 1. The molecule has 1 fully saturated rings. The average molecular weight is 303 g/mol. The van der Waals surface area contributed by atoms with Crippen LogP contribution in [0.4, 0.5) is 0 Å². The van der Waals surface area contributed by atoms with E-state index in [-0.39, 0.29) is 11.4 Å². The summed E-state index contributed by atoms with van der Waals surface area (Å²) in [5.74, 6) is -1.55. The summed E-state index contributed by atoms with van der Waals surface area (Å²) >= 11 is 0. The molecule has 0 spiro atoms. The molecule has 2 aromatic heterocycles. The smallest absolute Gasteiger partial charge is 0.358 e. The normalized spacial score (nSPS) is 15.9. The number of ether oxygens (including phenoxy) is 1. The molecule has 0 bridgehead atoms. The van der Waals surface area contributed by atoms with E-state index in [9.17, 15) is 9.90 Å². The Morgan fingerprint density at radius 3 is 2.77 bits per heavy atom. The van der Waals surface area contributed by atoms with Crippen LogP contribution in [-0.2, 0) is 4.74 Å². The molecule has 1 aliphatic rings. The lowest BCUT2D eigenvalue weighted by molar-refractivity contribution is 0.0662. The van der Waals surface area contributed by atoms with Gasteiger partial charge in [-0.2, -0.15) is 5.10 Å². The largest absolute Gasteiger partial charge is 0.505 e.